The highest BCUT2D eigenvalue weighted by Gasteiger charge is 2.33. The topological polar surface area (TPSA) is 86.8 Å². The molecule has 7 nitrogen and oxygen atoms in total. The molecule has 208 valence electrons. The summed E-state index contributed by atoms with van der Waals surface area (Å²) < 4.78 is 28.9. The first-order valence-corrected chi connectivity index (χ1v) is 14.9. The van der Waals surface area contributed by atoms with E-state index in [-0.39, 0.29) is 17.3 Å². The Kier molecular flexibility index (Phi) is 10.5. The Hall–Kier alpha value is -3.36. The number of rotatable bonds is 12. The van der Waals surface area contributed by atoms with Crippen molar-refractivity contribution in [2.24, 2.45) is 0 Å². The molecule has 39 heavy (non-hydrogen) atoms. The first kappa shape index (κ1) is 30.2. The summed E-state index contributed by atoms with van der Waals surface area (Å²) in [5, 5.41) is 3.30. The third-order valence-electron chi connectivity index (χ3n) is 6.51. The fourth-order valence-electron chi connectivity index (χ4n) is 4.30. The fraction of sp³-hybridized carbons (Fsp3) is 0.333. The molecule has 0 saturated carbocycles. The second-order valence-corrected chi connectivity index (χ2v) is 11.8. The Morgan fingerprint density at radius 1 is 0.949 bits per heavy atom. The van der Waals surface area contributed by atoms with Crippen molar-refractivity contribution in [3.8, 4) is 0 Å². The van der Waals surface area contributed by atoms with Gasteiger partial charge in [-0.25, -0.2) is 8.42 Å². The minimum absolute atomic E-state index is 0.0133. The van der Waals surface area contributed by atoms with Crippen molar-refractivity contribution in [1.82, 2.24) is 10.2 Å². The van der Waals surface area contributed by atoms with Gasteiger partial charge in [0.1, 0.15) is 12.6 Å². The molecule has 0 radical (unpaired) electrons. The summed E-state index contributed by atoms with van der Waals surface area (Å²) in [4.78, 5) is 28.7. The molecule has 1 N–H and O–H groups in total. The van der Waals surface area contributed by atoms with Gasteiger partial charge in [0.15, 0.2) is 0 Å². The summed E-state index contributed by atoms with van der Waals surface area (Å²) in [5.41, 5.74) is 3.06. The smallest absolute Gasteiger partial charge is 0.264 e. The van der Waals surface area contributed by atoms with E-state index in [1.807, 2.05) is 58.0 Å². The van der Waals surface area contributed by atoms with Crippen LogP contribution in [0.15, 0.2) is 77.7 Å². The van der Waals surface area contributed by atoms with Gasteiger partial charge in [-0.3, -0.25) is 13.9 Å². The zero-order chi connectivity index (χ0) is 28.6. The van der Waals surface area contributed by atoms with Crippen LogP contribution in [0.3, 0.4) is 0 Å². The third kappa shape index (κ3) is 7.61. The zero-order valence-corrected chi connectivity index (χ0v) is 24.4. The highest BCUT2D eigenvalue weighted by Crippen LogP contribution is 2.26. The maximum absolute atomic E-state index is 14.1. The number of carbonyl (C=O) groups is 2. The summed E-state index contributed by atoms with van der Waals surface area (Å²) in [6, 6.07) is 19.7. The molecule has 3 rings (SSSR count). The Morgan fingerprint density at radius 2 is 1.64 bits per heavy atom. The predicted molar refractivity (Wildman–Crippen MR) is 156 cm³/mol. The van der Waals surface area contributed by atoms with Gasteiger partial charge in [0.2, 0.25) is 11.8 Å². The van der Waals surface area contributed by atoms with Crippen LogP contribution in [0.1, 0.15) is 43.4 Å². The van der Waals surface area contributed by atoms with Gasteiger partial charge in [0.05, 0.1) is 10.6 Å². The van der Waals surface area contributed by atoms with Crippen LogP contribution in [0, 0.1) is 13.8 Å². The van der Waals surface area contributed by atoms with Crippen LogP contribution in [-0.4, -0.2) is 44.3 Å². The van der Waals surface area contributed by atoms with Gasteiger partial charge in [-0.15, -0.1) is 0 Å². The molecule has 0 aliphatic heterocycles. The lowest BCUT2D eigenvalue weighted by Gasteiger charge is -2.33. The van der Waals surface area contributed by atoms with Crippen LogP contribution in [0.5, 0.6) is 0 Å². The van der Waals surface area contributed by atoms with E-state index in [1.54, 1.807) is 18.2 Å². The molecule has 1 atom stereocenters. The monoisotopic (exact) mass is 569 g/mol. The second-order valence-electron chi connectivity index (χ2n) is 9.47. The van der Waals surface area contributed by atoms with Crippen molar-refractivity contribution in [1.29, 1.82) is 0 Å². The molecule has 0 spiro atoms. The lowest BCUT2D eigenvalue weighted by atomic mass is 10.1. The summed E-state index contributed by atoms with van der Waals surface area (Å²) in [5.74, 6) is -0.736. The molecule has 0 aliphatic rings. The standard InChI is InChI=1S/C30H36ClN3O4S/c1-5-18-32-30(36)28(6-2)33(20-24-12-8-7-11-23(24)4)29(35)21-34(26-13-9-10-22(3)19-26)39(37,38)27-16-14-25(31)15-17-27/h7-17,19,28H,5-6,18,20-21H2,1-4H3,(H,32,36). The van der Waals surface area contributed by atoms with Crippen LogP contribution in [-0.2, 0) is 26.2 Å². The Labute approximate surface area is 236 Å². The first-order chi connectivity index (χ1) is 18.6. The van der Waals surface area contributed by atoms with Crippen molar-refractivity contribution < 1.29 is 18.0 Å². The number of aryl methyl sites for hydroxylation is 2. The number of nitrogens with one attached hydrogen (secondary N) is 1. The molecular weight excluding hydrogens is 534 g/mol. The van der Waals surface area contributed by atoms with E-state index in [9.17, 15) is 18.0 Å². The van der Waals surface area contributed by atoms with Gasteiger partial charge in [-0.1, -0.05) is 61.8 Å². The lowest BCUT2D eigenvalue weighted by Crippen LogP contribution is -2.52. The van der Waals surface area contributed by atoms with E-state index >= 15 is 0 Å². The molecule has 3 aromatic carbocycles. The number of benzene rings is 3. The summed E-state index contributed by atoms with van der Waals surface area (Å²) in [6.45, 7) is 7.79. The largest absolute Gasteiger partial charge is 0.354 e. The Balaban J connectivity index is 2.06. The number of hydrogen-bond donors (Lipinski definition) is 1. The van der Waals surface area contributed by atoms with E-state index in [4.69, 9.17) is 11.6 Å². The molecule has 0 aliphatic carbocycles. The number of amides is 2. The molecule has 2 amide bonds. The van der Waals surface area contributed by atoms with Crippen LogP contribution in [0.4, 0.5) is 5.69 Å². The van der Waals surface area contributed by atoms with E-state index < -0.39 is 28.5 Å². The number of sulfonamides is 1. The van der Waals surface area contributed by atoms with Gasteiger partial charge in [-0.2, -0.15) is 0 Å². The molecule has 0 saturated heterocycles. The highest BCUT2D eigenvalue weighted by molar-refractivity contribution is 7.92. The maximum atomic E-state index is 14.1. The van der Waals surface area contributed by atoms with Gasteiger partial charge in [-0.05, 0) is 79.8 Å². The first-order valence-electron chi connectivity index (χ1n) is 13.0. The molecule has 3 aromatic rings. The normalized spacial score (nSPS) is 12.0. The highest BCUT2D eigenvalue weighted by atomic mass is 35.5. The molecule has 0 fully saturated rings. The van der Waals surface area contributed by atoms with Crippen molar-refractivity contribution in [3.63, 3.8) is 0 Å². The van der Waals surface area contributed by atoms with Crippen LogP contribution in [0.25, 0.3) is 0 Å². The van der Waals surface area contributed by atoms with Crippen LogP contribution in [0.2, 0.25) is 5.02 Å². The Bertz CT molecular complexity index is 1390. The van der Waals surface area contributed by atoms with E-state index in [2.05, 4.69) is 5.32 Å². The molecule has 0 bridgehead atoms. The predicted octanol–water partition coefficient (Wildman–Crippen LogP) is 5.49. The van der Waals surface area contributed by atoms with Crippen molar-refractivity contribution in [3.05, 3.63) is 94.5 Å². The molecular formula is C30H36ClN3O4S. The molecule has 9 heteroatoms. The second kappa shape index (κ2) is 13.6. The number of hydrogen-bond acceptors (Lipinski definition) is 4. The van der Waals surface area contributed by atoms with Crippen molar-refractivity contribution >= 4 is 39.1 Å². The zero-order valence-electron chi connectivity index (χ0n) is 22.9. The minimum atomic E-state index is -4.14. The SMILES string of the molecule is CCCNC(=O)C(CC)N(Cc1ccccc1C)C(=O)CN(c1cccc(C)c1)S(=O)(=O)c1ccc(Cl)cc1. The van der Waals surface area contributed by atoms with E-state index in [0.717, 1.165) is 27.4 Å². The number of halogens is 1. The quantitative estimate of drug-likeness (QED) is 0.313. The lowest BCUT2D eigenvalue weighted by molar-refractivity contribution is -0.140. The van der Waals surface area contributed by atoms with Crippen LogP contribution >= 0.6 is 11.6 Å². The van der Waals surface area contributed by atoms with Crippen molar-refractivity contribution in [2.45, 2.75) is 58.0 Å². The van der Waals surface area contributed by atoms with Gasteiger partial charge < -0.3 is 10.2 Å². The van der Waals surface area contributed by atoms with Crippen LogP contribution < -0.4 is 9.62 Å². The fourth-order valence-corrected chi connectivity index (χ4v) is 5.83. The minimum Gasteiger partial charge on any atom is -0.354 e. The average molecular weight is 570 g/mol. The van der Waals surface area contributed by atoms with E-state index in [0.29, 0.717) is 23.7 Å². The number of carbonyl (C=O) groups excluding carboxylic acids is 2. The molecule has 1 unspecified atom stereocenters. The molecule has 0 aromatic heterocycles. The van der Waals surface area contributed by atoms with Gasteiger partial charge in [0, 0.05) is 18.1 Å². The van der Waals surface area contributed by atoms with Gasteiger partial charge in [0.25, 0.3) is 10.0 Å². The van der Waals surface area contributed by atoms with Gasteiger partial charge >= 0.3 is 0 Å². The number of nitrogens with zero attached hydrogens (tertiary/aromatic N) is 2. The summed E-state index contributed by atoms with van der Waals surface area (Å²) in [6.07, 6.45) is 1.13. The third-order valence-corrected chi connectivity index (χ3v) is 8.55. The maximum Gasteiger partial charge on any atom is 0.264 e. The average Bonchev–Trinajstić information content (AvgIpc) is 2.91. The number of anilines is 1. The Morgan fingerprint density at radius 3 is 2.26 bits per heavy atom. The summed E-state index contributed by atoms with van der Waals surface area (Å²) >= 11 is 6.00. The molecule has 0 heterocycles. The summed E-state index contributed by atoms with van der Waals surface area (Å²) in [7, 11) is -4.14. The van der Waals surface area contributed by atoms with Crippen molar-refractivity contribution in [2.75, 3.05) is 17.4 Å². The van der Waals surface area contributed by atoms with E-state index in [1.165, 1.54) is 29.2 Å².